The van der Waals surface area contributed by atoms with E-state index in [1.807, 2.05) is 4.90 Å². The minimum atomic E-state index is -0.301. The molecule has 0 aliphatic carbocycles. The topological polar surface area (TPSA) is 67.8 Å². The normalized spacial score (nSPS) is 21.0. The SMILES string of the molecule is O=C1COC(COc2ccc(F)cc2)CN1C1CCN(c2ncccn2)CC1. The molecule has 28 heavy (non-hydrogen) atoms. The van der Waals surface area contributed by atoms with Crippen molar-refractivity contribution in [2.75, 3.05) is 37.7 Å². The fourth-order valence-corrected chi connectivity index (χ4v) is 3.65. The van der Waals surface area contributed by atoms with E-state index >= 15 is 0 Å². The molecule has 7 nitrogen and oxygen atoms in total. The maximum absolute atomic E-state index is 13.0. The maximum Gasteiger partial charge on any atom is 0.248 e. The van der Waals surface area contributed by atoms with Gasteiger partial charge in [-0.15, -0.1) is 0 Å². The zero-order valence-electron chi connectivity index (χ0n) is 15.5. The summed E-state index contributed by atoms with van der Waals surface area (Å²) in [5.41, 5.74) is 0. The predicted molar refractivity (Wildman–Crippen MR) is 101 cm³/mol. The molecule has 1 amide bonds. The highest BCUT2D eigenvalue weighted by molar-refractivity contribution is 5.78. The molecule has 148 valence electrons. The molecule has 0 bridgehead atoms. The van der Waals surface area contributed by atoms with Crippen LogP contribution in [0.2, 0.25) is 0 Å². The zero-order chi connectivity index (χ0) is 19.3. The number of anilines is 1. The molecule has 2 saturated heterocycles. The Morgan fingerprint density at radius 1 is 1.14 bits per heavy atom. The third kappa shape index (κ3) is 4.39. The van der Waals surface area contributed by atoms with Gasteiger partial charge in [0.05, 0.1) is 6.54 Å². The van der Waals surface area contributed by atoms with Crippen molar-refractivity contribution in [3.8, 4) is 5.75 Å². The number of hydrogen-bond acceptors (Lipinski definition) is 6. The van der Waals surface area contributed by atoms with Crippen LogP contribution in [0.15, 0.2) is 42.7 Å². The minimum absolute atomic E-state index is 0.0208. The Bertz CT molecular complexity index is 782. The van der Waals surface area contributed by atoms with E-state index in [0.717, 1.165) is 31.9 Å². The van der Waals surface area contributed by atoms with Gasteiger partial charge in [-0.3, -0.25) is 4.79 Å². The van der Waals surface area contributed by atoms with Gasteiger partial charge in [-0.1, -0.05) is 0 Å². The molecule has 0 N–H and O–H groups in total. The summed E-state index contributed by atoms with van der Waals surface area (Å²) in [7, 11) is 0. The lowest BCUT2D eigenvalue weighted by molar-refractivity contribution is -0.154. The van der Waals surface area contributed by atoms with Crippen molar-refractivity contribution in [1.82, 2.24) is 14.9 Å². The second-order valence-electron chi connectivity index (χ2n) is 7.01. The highest BCUT2D eigenvalue weighted by Gasteiger charge is 2.34. The predicted octanol–water partition coefficient (Wildman–Crippen LogP) is 1.89. The largest absolute Gasteiger partial charge is 0.491 e. The number of halogens is 1. The number of nitrogens with zero attached hydrogens (tertiary/aromatic N) is 4. The second kappa shape index (κ2) is 8.52. The Balaban J connectivity index is 1.30. The van der Waals surface area contributed by atoms with Crippen LogP contribution in [0.4, 0.5) is 10.3 Å². The number of benzene rings is 1. The summed E-state index contributed by atoms with van der Waals surface area (Å²) < 4.78 is 24.3. The Labute approximate surface area is 163 Å². The van der Waals surface area contributed by atoms with Gasteiger partial charge in [0.2, 0.25) is 11.9 Å². The first kappa shape index (κ1) is 18.6. The number of carbonyl (C=O) groups excluding carboxylic acids is 1. The van der Waals surface area contributed by atoms with Gasteiger partial charge in [-0.2, -0.15) is 0 Å². The summed E-state index contributed by atoms with van der Waals surface area (Å²) in [4.78, 5) is 25.1. The lowest BCUT2D eigenvalue weighted by atomic mass is 10.0. The molecule has 2 aliphatic rings. The van der Waals surface area contributed by atoms with E-state index in [1.165, 1.54) is 12.1 Å². The lowest BCUT2D eigenvalue weighted by Crippen LogP contribution is -2.55. The molecular formula is C20H23FN4O3. The van der Waals surface area contributed by atoms with E-state index < -0.39 is 0 Å². The maximum atomic E-state index is 13.0. The molecule has 2 fully saturated rings. The molecule has 4 rings (SSSR count). The molecule has 1 aromatic carbocycles. The summed E-state index contributed by atoms with van der Waals surface area (Å²) in [6.45, 7) is 2.53. The monoisotopic (exact) mass is 386 g/mol. The Morgan fingerprint density at radius 3 is 2.57 bits per heavy atom. The third-order valence-corrected chi connectivity index (χ3v) is 5.15. The van der Waals surface area contributed by atoms with Gasteiger partial charge >= 0.3 is 0 Å². The first-order chi connectivity index (χ1) is 13.7. The van der Waals surface area contributed by atoms with E-state index in [1.54, 1.807) is 30.6 Å². The van der Waals surface area contributed by atoms with Gasteiger partial charge in [0.1, 0.15) is 30.9 Å². The van der Waals surface area contributed by atoms with Crippen LogP contribution < -0.4 is 9.64 Å². The number of rotatable bonds is 5. The van der Waals surface area contributed by atoms with Crippen molar-refractivity contribution in [1.29, 1.82) is 0 Å². The van der Waals surface area contributed by atoms with Crippen LogP contribution in [0.1, 0.15) is 12.8 Å². The van der Waals surface area contributed by atoms with Crippen LogP contribution in [0.25, 0.3) is 0 Å². The van der Waals surface area contributed by atoms with Crippen molar-refractivity contribution >= 4 is 11.9 Å². The van der Waals surface area contributed by atoms with E-state index in [2.05, 4.69) is 14.9 Å². The van der Waals surface area contributed by atoms with Gasteiger partial charge in [-0.25, -0.2) is 14.4 Å². The van der Waals surface area contributed by atoms with Gasteiger partial charge in [0.25, 0.3) is 0 Å². The van der Waals surface area contributed by atoms with E-state index in [9.17, 15) is 9.18 Å². The first-order valence-electron chi connectivity index (χ1n) is 9.50. The average Bonchev–Trinajstić information content (AvgIpc) is 2.75. The molecule has 0 spiro atoms. The van der Waals surface area contributed by atoms with Gasteiger partial charge < -0.3 is 19.3 Å². The summed E-state index contributed by atoms with van der Waals surface area (Å²) in [5, 5.41) is 0. The Hall–Kier alpha value is -2.74. The van der Waals surface area contributed by atoms with Crippen molar-refractivity contribution in [2.24, 2.45) is 0 Å². The molecule has 2 aromatic rings. The van der Waals surface area contributed by atoms with Crippen LogP contribution in [0.3, 0.4) is 0 Å². The highest BCUT2D eigenvalue weighted by Crippen LogP contribution is 2.22. The molecule has 8 heteroatoms. The van der Waals surface area contributed by atoms with Gasteiger partial charge in [0, 0.05) is 31.5 Å². The molecule has 3 heterocycles. The van der Waals surface area contributed by atoms with Crippen LogP contribution in [-0.2, 0) is 9.53 Å². The fourth-order valence-electron chi connectivity index (χ4n) is 3.65. The van der Waals surface area contributed by atoms with Crippen LogP contribution in [0.5, 0.6) is 5.75 Å². The van der Waals surface area contributed by atoms with E-state index in [0.29, 0.717) is 18.9 Å². The standard InChI is InChI=1S/C20H23FN4O3/c21-15-2-4-17(5-3-15)27-13-18-12-25(19(26)14-28-18)16-6-10-24(11-7-16)20-22-8-1-9-23-20/h1-5,8-9,16,18H,6-7,10-14H2. The molecule has 0 saturated carbocycles. The molecule has 1 atom stereocenters. The fraction of sp³-hybridized carbons (Fsp3) is 0.450. The number of hydrogen-bond donors (Lipinski definition) is 0. The highest BCUT2D eigenvalue weighted by atomic mass is 19.1. The zero-order valence-corrected chi connectivity index (χ0v) is 15.5. The molecule has 1 aromatic heterocycles. The minimum Gasteiger partial charge on any atom is -0.491 e. The van der Waals surface area contributed by atoms with Crippen molar-refractivity contribution in [3.63, 3.8) is 0 Å². The number of piperidine rings is 1. The average molecular weight is 386 g/mol. The molecule has 2 aliphatic heterocycles. The van der Waals surface area contributed by atoms with Crippen LogP contribution in [-0.4, -0.2) is 65.8 Å². The summed E-state index contributed by atoms with van der Waals surface area (Å²) in [5.74, 6) is 1.04. The Kier molecular flexibility index (Phi) is 5.66. The lowest BCUT2D eigenvalue weighted by Gasteiger charge is -2.42. The van der Waals surface area contributed by atoms with Gasteiger partial charge in [0.15, 0.2) is 0 Å². The summed E-state index contributed by atoms with van der Waals surface area (Å²) in [6, 6.07) is 7.88. The van der Waals surface area contributed by atoms with Crippen molar-refractivity contribution < 1.29 is 18.7 Å². The number of aromatic nitrogens is 2. The molecule has 1 unspecified atom stereocenters. The van der Waals surface area contributed by atoms with Crippen molar-refractivity contribution in [3.05, 3.63) is 48.5 Å². The Morgan fingerprint density at radius 2 is 1.86 bits per heavy atom. The number of amides is 1. The first-order valence-corrected chi connectivity index (χ1v) is 9.50. The van der Waals surface area contributed by atoms with Crippen LogP contribution >= 0.6 is 0 Å². The number of carbonyl (C=O) groups is 1. The smallest absolute Gasteiger partial charge is 0.248 e. The van der Waals surface area contributed by atoms with E-state index in [-0.39, 0.29) is 30.5 Å². The van der Waals surface area contributed by atoms with Crippen LogP contribution in [0, 0.1) is 5.82 Å². The number of morpholine rings is 1. The second-order valence-corrected chi connectivity index (χ2v) is 7.01. The van der Waals surface area contributed by atoms with E-state index in [4.69, 9.17) is 9.47 Å². The quantitative estimate of drug-likeness (QED) is 0.782. The summed E-state index contributed by atoms with van der Waals surface area (Å²) >= 11 is 0. The molecular weight excluding hydrogens is 363 g/mol. The number of ether oxygens (including phenoxy) is 2. The van der Waals surface area contributed by atoms with Gasteiger partial charge in [-0.05, 0) is 43.2 Å². The third-order valence-electron chi connectivity index (χ3n) is 5.15. The summed E-state index contributed by atoms with van der Waals surface area (Å²) in [6.07, 6.45) is 5.03. The molecule has 0 radical (unpaired) electrons. The van der Waals surface area contributed by atoms with Crippen molar-refractivity contribution in [2.45, 2.75) is 25.0 Å².